The molecule has 10 aromatic rings. The number of anilines is 3. The van der Waals surface area contributed by atoms with E-state index in [0.29, 0.717) is 0 Å². The van der Waals surface area contributed by atoms with Gasteiger partial charge in [0.25, 0.3) is 0 Å². The van der Waals surface area contributed by atoms with Crippen LogP contribution >= 0.6 is 22.7 Å². The first-order valence-electron chi connectivity index (χ1n) is 21.7. The summed E-state index contributed by atoms with van der Waals surface area (Å²) >= 11 is 3.88. The third-order valence-electron chi connectivity index (χ3n) is 14.8. The summed E-state index contributed by atoms with van der Waals surface area (Å²) < 4.78 is 6.86. The van der Waals surface area contributed by atoms with Crippen LogP contribution in [0.2, 0.25) is 0 Å². The van der Waals surface area contributed by atoms with E-state index in [2.05, 4.69) is 220 Å². The molecular weight excluding hydrogens is 791 g/mol. The van der Waals surface area contributed by atoms with E-state index < -0.39 is 10.8 Å². The second-order valence-electron chi connectivity index (χ2n) is 18.3. The van der Waals surface area contributed by atoms with Crippen LogP contribution in [-0.4, -0.2) is 0 Å². The molecule has 3 aliphatic carbocycles. The van der Waals surface area contributed by atoms with Gasteiger partial charge in [-0.15, -0.1) is 22.7 Å². The van der Waals surface area contributed by atoms with E-state index in [9.17, 15) is 0 Å². The molecule has 3 heterocycles. The highest BCUT2D eigenvalue weighted by atomic mass is 32.1. The first-order valence-corrected chi connectivity index (χ1v) is 23.4. The average molecular weight is 834 g/mol. The van der Waals surface area contributed by atoms with Crippen LogP contribution in [0.4, 0.5) is 16.4 Å². The van der Waals surface area contributed by atoms with Crippen molar-refractivity contribution < 1.29 is 4.42 Å². The van der Waals surface area contributed by atoms with Gasteiger partial charge in [-0.2, -0.15) is 0 Å². The van der Waals surface area contributed by atoms with Crippen molar-refractivity contribution >= 4 is 61.0 Å². The van der Waals surface area contributed by atoms with Crippen molar-refractivity contribution in [2.45, 2.75) is 49.4 Å². The Morgan fingerprint density at radius 3 is 1.48 bits per heavy atom. The largest absolute Gasteiger partial charge is 0.454 e. The molecule has 0 bridgehead atoms. The van der Waals surface area contributed by atoms with Gasteiger partial charge in [0, 0.05) is 37.0 Å². The summed E-state index contributed by atoms with van der Waals surface area (Å²) in [6, 6.07) is 68.3. The molecule has 7 aromatic carbocycles. The van der Waals surface area contributed by atoms with Gasteiger partial charge in [0.1, 0.15) is 10.6 Å². The fourth-order valence-corrected chi connectivity index (χ4v) is 14.8. The van der Waals surface area contributed by atoms with E-state index in [1.807, 2.05) is 22.7 Å². The highest BCUT2D eigenvalue weighted by Crippen LogP contribution is 2.70. The maximum atomic E-state index is 6.86. The predicted molar refractivity (Wildman–Crippen MR) is 259 cm³/mol. The van der Waals surface area contributed by atoms with Crippen molar-refractivity contribution in [2.75, 3.05) is 4.90 Å². The Labute approximate surface area is 370 Å². The van der Waals surface area contributed by atoms with Crippen LogP contribution < -0.4 is 4.90 Å². The number of para-hydroxylation sites is 3. The Morgan fingerprint density at radius 2 is 0.903 bits per heavy atom. The topological polar surface area (TPSA) is 16.4 Å². The molecular formula is C58H43NOS2. The van der Waals surface area contributed by atoms with Gasteiger partial charge in [0.15, 0.2) is 5.58 Å². The van der Waals surface area contributed by atoms with Gasteiger partial charge in [0.2, 0.25) is 0 Å². The van der Waals surface area contributed by atoms with Crippen LogP contribution in [0, 0.1) is 0 Å². The number of furan rings is 1. The van der Waals surface area contributed by atoms with E-state index in [1.54, 1.807) is 0 Å². The zero-order valence-electron chi connectivity index (χ0n) is 35.1. The van der Waals surface area contributed by atoms with E-state index >= 15 is 0 Å². The van der Waals surface area contributed by atoms with Crippen molar-refractivity contribution in [3.63, 3.8) is 0 Å². The normalized spacial score (nSPS) is 16.6. The molecule has 3 aliphatic rings. The summed E-state index contributed by atoms with van der Waals surface area (Å²) in [6.45, 7) is 9.66. The minimum atomic E-state index is -0.577. The maximum Gasteiger partial charge on any atom is 0.159 e. The lowest BCUT2D eigenvalue weighted by Crippen LogP contribution is -2.50. The van der Waals surface area contributed by atoms with Crippen LogP contribution in [0.3, 0.4) is 0 Å². The van der Waals surface area contributed by atoms with Gasteiger partial charge in [-0.3, -0.25) is 4.90 Å². The molecule has 2 spiro atoms. The van der Waals surface area contributed by atoms with Gasteiger partial charge in [-0.05, 0) is 97.4 Å². The van der Waals surface area contributed by atoms with Crippen molar-refractivity contribution in [3.8, 4) is 0 Å². The van der Waals surface area contributed by atoms with Crippen molar-refractivity contribution in [3.05, 3.63) is 253 Å². The molecule has 0 unspecified atom stereocenters. The van der Waals surface area contributed by atoms with Gasteiger partial charge < -0.3 is 4.42 Å². The van der Waals surface area contributed by atoms with E-state index in [1.165, 1.54) is 65.4 Å². The summed E-state index contributed by atoms with van der Waals surface area (Å²) in [7, 11) is 0. The summed E-state index contributed by atoms with van der Waals surface area (Å²) in [5, 5.41) is 5.77. The van der Waals surface area contributed by atoms with Gasteiger partial charge in [-0.25, -0.2) is 0 Å². The predicted octanol–water partition coefficient (Wildman–Crippen LogP) is 15.5. The first-order chi connectivity index (χ1) is 30.3. The number of rotatable bonds is 3. The first kappa shape index (κ1) is 36.2. The molecule has 4 heteroatoms. The molecule has 0 fully saturated rings. The molecule has 0 radical (unpaired) electrons. The molecule has 13 rings (SSSR count). The van der Waals surface area contributed by atoms with E-state index in [0.717, 1.165) is 38.3 Å². The number of thiophene rings is 2. The molecule has 0 saturated carbocycles. The zero-order valence-corrected chi connectivity index (χ0v) is 36.7. The summed E-state index contributed by atoms with van der Waals surface area (Å²) in [4.78, 5) is 5.24. The number of hydrogen-bond acceptors (Lipinski definition) is 4. The Morgan fingerprint density at radius 1 is 0.419 bits per heavy atom. The SMILES string of the molecule is CC1(C)c2ccccc2C2(c3ccccc31)c1cc(N(c3ccccc3)c3cccc4c3oc3ccccc34)sc1C1(c3ccccc3C(C)(C)c3ccccc31)c1ccsc12. The molecule has 0 aliphatic heterocycles. The smallest absolute Gasteiger partial charge is 0.159 e. The summed E-state index contributed by atoms with van der Waals surface area (Å²) in [6.07, 6.45) is 0. The number of hydrogen-bond donors (Lipinski definition) is 0. The molecule has 2 nitrogen and oxygen atoms in total. The van der Waals surface area contributed by atoms with E-state index in [4.69, 9.17) is 4.42 Å². The second kappa shape index (κ2) is 12.6. The molecule has 0 saturated heterocycles. The number of fused-ring (bicyclic) bond motifs is 17. The third-order valence-corrected chi connectivity index (χ3v) is 17.0. The van der Waals surface area contributed by atoms with Crippen LogP contribution in [0.25, 0.3) is 21.9 Å². The Balaban J connectivity index is 1.23. The standard InChI is InChI=1S/C58H43NOS2/c1-55(2)39-23-9-13-27-43(39)57(44-28-14-10-24-40(44)55)47-33-34-61-53(47)58(45-29-15-11-25-41(45)56(3,4)42-26-12-16-30-46(42)58)48-35-51(62-54(48)57)59(36-19-6-5-7-20-36)49-31-18-22-38-37-21-8-17-32-50(37)60-52(38)49/h5-35H,1-4H3. The molecule has 0 amide bonds. The van der Waals surface area contributed by atoms with Crippen LogP contribution in [0.15, 0.2) is 192 Å². The number of benzene rings is 7. The Bertz CT molecular complexity index is 3200. The van der Waals surface area contributed by atoms with Crippen LogP contribution in [0.1, 0.15) is 93.1 Å². The third kappa shape index (κ3) is 4.34. The highest BCUT2D eigenvalue weighted by molar-refractivity contribution is 7.17. The van der Waals surface area contributed by atoms with Crippen molar-refractivity contribution in [2.24, 2.45) is 0 Å². The molecule has 298 valence electrons. The fourth-order valence-electron chi connectivity index (χ4n) is 12.1. The average Bonchev–Trinajstić information content (AvgIpc) is 4.08. The second-order valence-corrected chi connectivity index (χ2v) is 20.3. The highest BCUT2D eigenvalue weighted by Gasteiger charge is 2.62. The Kier molecular flexibility index (Phi) is 7.34. The van der Waals surface area contributed by atoms with Crippen LogP contribution in [-0.2, 0) is 21.7 Å². The van der Waals surface area contributed by atoms with Crippen LogP contribution in [0.5, 0.6) is 0 Å². The molecule has 3 aromatic heterocycles. The zero-order chi connectivity index (χ0) is 41.6. The summed E-state index contributed by atoms with van der Waals surface area (Å²) in [5.74, 6) is 0. The monoisotopic (exact) mass is 833 g/mol. The molecule has 62 heavy (non-hydrogen) atoms. The lowest BCUT2D eigenvalue weighted by atomic mass is 9.48. The maximum absolute atomic E-state index is 6.86. The Hall–Kier alpha value is -6.46. The fraction of sp³-hybridized carbons (Fsp3) is 0.138. The van der Waals surface area contributed by atoms with Gasteiger partial charge in [-0.1, -0.05) is 173 Å². The number of nitrogens with zero attached hydrogens (tertiary/aromatic N) is 1. The minimum absolute atomic E-state index is 0.203. The van der Waals surface area contributed by atoms with Crippen molar-refractivity contribution in [1.82, 2.24) is 0 Å². The van der Waals surface area contributed by atoms with Crippen molar-refractivity contribution in [1.29, 1.82) is 0 Å². The van der Waals surface area contributed by atoms with Gasteiger partial charge in [0.05, 0.1) is 16.5 Å². The molecule has 0 atom stereocenters. The van der Waals surface area contributed by atoms with E-state index in [-0.39, 0.29) is 10.8 Å². The molecule has 0 N–H and O–H groups in total. The summed E-state index contributed by atoms with van der Waals surface area (Å²) in [5.41, 5.74) is 16.1. The minimum Gasteiger partial charge on any atom is -0.454 e. The lowest BCUT2D eigenvalue weighted by Gasteiger charge is -2.55. The van der Waals surface area contributed by atoms with Gasteiger partial charge >= 0.3 is 0 Å². The quantitative estimate of drug-likeness (QED) is 0.176. The lowest BCUT2D eigenvalue weighted by molar-refractivity contribution is 0.522.